The van der Waals surface area contributed by atoms with Gasteiger partial charge in [0.1, 0.15) is 0 Å². The van der Waals surface area contributed by atoms with Crippen LogP contribution < -0.4 is 0 Å². The van der Waals surface area contributed by atoms with E-state index < -0.39 is 9.04 Å². The Morgan fingerprint density at radius 1 is 1.00 bits per heavy atom. The molecule has 0 aromatic rings. The molecule has 0 heterocycles. The van der Waals surface area contributed by atoms with Crippen molar-refractivity contribution < 1.29 is 9.16 Å². The molecule has 0 amide bonds. The summed E-state index contributed by atoms with van der Waals surface area (Å²) in [5, 5.41) is 0. The maximum Gasteiger partial charge on any atom is 0.177 e. The summed E-state index contributed by atoms with van der Waals surface area (Å²) in [5.41, 5.74) is 0. The predicted octanol–water partition coefficient (Wildman–Crippen LogP) is 2.58. The maximum absolute atomic E-state index is 5.84. The topological polar surface area (TPSA) is 18.5 Å². The molecule has 1 atom stereocenters. The molecule has 2 nitrogen and oxygen atoms in total. The highest BCUT2D eigenvalue weighted by molar-refractivity contribution is 6.51. The van der Waals surface area contributed by atoms with Crippen LogP contribution in [0, 0.1) is 0 Å². The van der Waals surface area contributed by atoms with Crippen molar-refractivity contribution in [3.63, 3.8) is 0 Å². The molecule has 3 heteroatoms. The van der Waals surface area contributed by atoms with Crippen molar-refractivity contribution in [1.29, 1.82) is 0 Å². The minimum absolute atomic E-state index is 0.749. The van der Waals surface area contributed by atoms with Crippen LogP contribution in [0.3, 0.4) is 0 Å². The lowest BCUT2D eigenvalue weighted by Gasteiger charge is -2.14. The molecule has 0 fully saturated rings. The molecule has 0 rings (SSSR count). The summed E-state index contributed by atoms with van der Waals surface area (Å²) in [5.74, 6) is 0. The second-order valence-corrected chi connectivity index (χ2v) is 6.15. The third-order valence-corrected chi connectivity index (χ3v) is 5.11. The normalized spacial score (nSPS) is 13.2. The fourth-order valence-electron chi connectivity index (χ4n) is 1.36. The molecule has 0 spiro atoms. The van der Waals surface area contributed by atoms with Gasteiger partial charge in [-0.15, -0.1) is 0 Å². The molecule has 0 aromatic heterocycles. The number of rotatable bonds is 9. The Morgan fingerprint density at radius 2 is 1.77 bits per heavy atom. The van der Waals surface area contributed by atoms with E-state index in [-0.39, 0.29) is 0 Å². The van der Waals surface area contributed by atoms with Gasteiger partial charge in [-0.3, -0.25) is 0 Å². The highest BCUT2D eigenvalue weighted by Gasteiger charge is 2.09. The first kappa shape index (κ1) is 13.1. The lowest BCUT2D eigenvalue weighted by molar-refractivity contribution is 0.145. The number of unbranched alkanes of at least 4 members (excludes halogenated alkanes) is 1. The molecule has 0 saturated carbocycles. The first-order chi connectivity index (χ1) is 6.35. The van der Waals surface area contributed by atoms with Gasteiger partial charge in [0.15, 0.2) is 9.04 Å². The van der Waals surface area contributed by atoms with Crippen molar-refractivity contribution in [3.05, 3.63) is 0 Å². The fraction of sp³-hybridized carbons (Fsp3) is 1.00. The number of methoxy groups -OCH3 is 1. The SMILES string of the molecule is CCCC[SiH](CCC)OCCOC. The lowest BCUT2D eigenvalue weighted by Crippen LogP contribution is -2.19. The van der Waals surface area contributed by atoms with Crippen molar-refractivity contribution in [1.82, 2.24) is 0 Å². The zero-order chi connectivity index (χ0) is 9.94. The van der Waals surface area contributed by atoms with Gasteiger partial charge in [-0.05, 0) is 12.1 Å². The molecule has 0 aliphatic rings. The Morgan fingerprint density at radius 3 is 2.31 bits per heavy atom. The van der Waals surface area contributed by atoms with Gasteiger partial charge in [0.05, 0.1) is 13.2 Å². The highest BCUT2D eigenvalue weighted by atomic mass is 28.3. The van der Waals surface area contributed by atoms with Crippen molar-refractivity contribution in [2.45, 2.75) is 45.2 Å². The second kappa shape index (κ2) is 10.2. The Balaban J connectivity index is 3.41. The Bertz CT molecular complexity index is 98.9. The Kier molecular flexibility index (Phi) is 10.3. The van der Waals surface area contributed by atoms with Crippen LogP contribution in [0.2, 0.25) is 12.1 Å². The molecular weight excluding hydrogens is 180 g/mol. The zero-order valence-electron chi connectivity index (χ0n) is 9.34. The second-order valence-electron chi connectivity index (χ2n) is 3.42. The van der Waals surface area contributed by atoms with E-state index >= 15 is 0 Å². The number of hydrogen-bond acceptors (Lipinski definition) is 2. The molecule has 0 aliphatic heterocycles. The summed E-state index contributed by atoms with van der Waals surface area (Å²) in [6.45, 7) is 6.04. The summed E-state index contributed by atoms with van der Waals surface area (Å²) in [4.78, 5) is 0. The minimum atomic E-state index is -0.863. The molecule has 0 bridgehead atoms. The third-order valence-electron chi connectivity index (χ3n) is 2.13. The molecule has 0 aliphatic carbocycles. The van der Waals surface area contributed by atoms with Crippen molar-refractivity contribution >= 4 is 9.04 Å². The van der Waals surface area contributed by atoms with E-state index in [9.17, 15) is 0 Å². The van der Waals surface area contributed by atoms with Crippen molar-refractivity contribution in [2.75, 3.05) is 20.3 Å². The Hall–Kier alpha value is 0.137. The number of hydrogen-bond donors (Lipinski definition) is 0. The number of ether oxygens (including phenoxy) is 1. The first-order valence-electron chi connectivity index (χ1n) is 5.45. The average Bonchev–Trinajstić information content (AvgIpc) is 2.14. The quantitative estimate of drug-likeness (QED) is 0.424. The predicted molar refractivity (Wildman–Crippen MR) is 59.8 cm³/mol. The van der Waals surface area contributed by atoms with E-state index in [2.05, 4.69) is 13.8 Å². The van der Waals surface area contributed by atoms with Crippen molar-refractivity contribution in [2.24, 2.45) is 0 Å². The van der Waals surface area contributed by atoms with Crippen LogP contribution in [-0.4, -0.2) is 29.4 Å². The van der Waals surface area contributed by atoms with Gasteiger partial charge in [0, 0.05) is 7.11 Å². The van der Waals surface area contributed by atoms with Gasteiger partial charge in [-0.1, -0.05) is 33.1 Å². The summed E-state index contributed by atoms with van der Waals surface area (Å²) < 4.78 is 10.8. The van der Waals surface area contributed by atoms with Crippen molar-refractivity contribution in [3.8, 4) is 0 Å². The molecule has 0 saturated heterocycles. The van der Waals surface area contributed by atoms with E-state index in [0.717, 1.165) is 13.2 Å². The zero-order valence-corrected chi connectivity index (χ0v) is 10.5. The Labute approximate surface area is 84.4 Å². The largest absolute Gasteiger partial charge is 0.418 e. The third kappa shape index (κ3) is 8.47. The molecule has 0 radical (unpaired) electrons. The van der Waals surface area contributed by atoms with Crippen LogP contribution in [0.25, 0.3) is 0 Å². The monoisotopic (exact) mass is 204 g/mol. The van der Waals surface area contributed by atoms with E-state index in [1.165, 1.54) is 31.4 Å². The maximum atomic E-state index is 5.84. The summed E-state index contributed by atoms with van der Waals surface area (Å²) in [6.07, 6.45) is 3.90. The van der Waals surface area contributed by atoms with Gasteiger partial charge in [-0.2, -0.15) is 0 Å². The standard InChI is InChI=1S/C10H24O2Si/c1-4-6-10-13(9-5-2)12-8-7-11-3/h13H,4-10H2,1-3H3. The molecular formula is C10H24O2Si. The van der Waals surface area contributed by atoms with E-state index in [4.69, 9.17) is 9.16 Å². The van der Waals surface area contributed by atoms with Gasteiger partial charge in [0.25, 0.3) is 0 Å². The average molecular weight is 204 g/mol. The van der Waals surface area contributed by atoms with E-state index in [0.29, 0.717) is 0 Å². The van der Waals surface area contributed by atoms with Crippen LogP contribution in [0.1, 0.15) is 33.1 Å². The van der Waals surface area contributed by atoms with Gasteiger partial charge in [-0.25, -0.2) is 0 Å². The smallest absolute Gasteiger partial charge is 0.177 e. The van der Waals surface area contributed by atoms with Gasteiger partial charge in [0.2, 0.25) is 0 Å². The van der Waals surface area contributed by atoms with Gasteiger partial charge < -0.3 is 9.16 Å². The summed E-state index contributed by atoms with van der Waals surface area (Å²) in [6, 6.07) is 2.66. The van der Waals surface area contributed by atoms with E-state index in [1.54, 1.807) is 7.11 Å². The molecule has 80 valence electrons. The van der Waals surface area contributed by atoms with Crippen LogP contribution in [0.4, 0.5) is 0 Å². The van der Waals surface area contributed by atoms with Crippen LogP contribution in [-0.2, 0) is 9.16 Å². The molecule has 0 aromatic carbocycles. The van der Waals surface area contributed by atoms with Crippen LogP contribution >= 0.6 is 0 Å². The first-order valence-corrected chi connectivity index (χ1v) is 7.56. The van der Waals surface area contributed by atoms with Gasteiger partial charge >= 0.3 is 0 Å². The van der Waals surface area contributed by atoms with E-state index in [1.807, 2.05) is 0 Å². The minimum Gasteiger partial charge on any atom is -0.418 e. The summed E-state index contributed by atoms with van der Waals surface area (Å²) in [7, 11) is 0.865. The van der Waals surface area contributed by atoms with Crippen LogP contribution in [0.5, 0.6) is 0 Å². The highest BCUT2D eigenvalue weighted by Crippen LogP contribution is 2.09. The molecule has 0 N–H and O–H groups in total. The molecule has 1 unspecified atom stereocenters. The fourth-order valence-corrected chi connectivity index (χ4v) is 3.92. The van der Waals surface area contributed by atoms with Crippen LogP contribution in [0.15, 0.2) is 0 Å². The molecule has 13 heavy (non-hydrogen) atoms. The summed E-state index contributed by atoms with van der Waals surface area (Å²) >= 11 is 0. The lowest BCUT2D eigenvalue weighted by atomic mass is 10.4.